The largest absolute Gasteiger partial charge is 0.427 e. The third-order valence-corrected chi connectivity index (χ3v) is 3.38. The summed E-state index contributed by atoms with van der Waals surface area (Å²) in [5.74, 6) is -1.16. The number of carbonyl (C=O) groups excluding carboxylic acids is 1. The Kier molecular flexibility index (Phi) is 5.10. The fraction of sp³-hybridized carbons (Fsp3) is 0.188. The second-order valence-corrected chi connectivity index (χ2v) is 5.22. The van der Waals surface area contributed by atoms with Crippen molar-refractivity contribution in [2.45, 2.75) is 19.0 Å². The van der Waals surface area contributed by atoms with E-state index in [1.165, 1.54) is 31.2 Å². The summed E-state index contributed by atoms with van der Waals surface area (Å²) >= 11 is 5.88. The van der Waals surface area contributed by atoms with Gasteiger partial charge in [0.15, 0.2) is 0 Å². The average Bonchev–Trinajstić information content (AvgIpc) is 2.49. The number of hydrogen-bond donors (Lipinski definition) is 0. The second kappa shape index (κ2) is 6.89. The van der Waals surface area contributed by atoms with Crippen molar-refractivity contribution in [3.63, 3.8) is 0 Å². The van der Waals surface area contributed by atoms with Crippen molar-refractivity contribution >= 4 is 17.6 Å². The van der Waals surface area contributed by atoms with Crippen LogP contribution in [-0.4, -0.2) is 11.0 Å². The zero-order chi connectivity index (χ0) is 17.9. The molecule has 1 aromatic carbocycles. The number of halogens is 4. The Morgan fingerprint density at radius 2 is 1.96 bits per heavy atom. The summed E-state index contributed by atoms with van der Waals surface area (Å²) in [4.78, 5) is 14.6. The van der Waals surface area contributed by atoms with Crippen molar-refractivity contribution in [3.05, 3.63) is 58.4 Å². The van der Waals surface area contributed by atoms with Crippen LogP contribution in [0.15, 0.2) is 36.5 Å². The number of nitriles is 1. The highest BCUT2D eigenvalue weighted by Gasteiger charge is 2.32. The number of ether oxygens (including phenoxy) is 1. The molecule has 4 nitrogen and oxygen atoms in total. The molecule has 0 aliphatic carbocycles. The lowest BCUT2D eigenvalue weighted by Crippen LogP contribution is -2.09. The van der Waals surface area contributed by atoms with Crippen LogP contribution in [-0.2, 0) is 11.0 Å². The van der Waals surface area contributed by atoms with Crippen molar-refractivity contribution < 1.29 is 22.7 Å². The Bertz CT molecular complexity index is 798. The third-order valence-electron chi connectivity index (χ3n) is 3.07. The van der Waals surface area contributed by atoms with Gasteiger partial charge in [0.05, 0.1) is 22.3 Å². The van der Waals surface area contributed by atoms with E-state index in [0.717, 1.165) is 6.07 Å². The number of alkyl halides is 3. The smallest absolute Gasteiger partial charge is 0.417 e. The fourth-order valence-corrected chi connectivity index (χ4v) is 2.28. The molecule has 8 heteroatoms. The number of rotatable bonds is 3. The van der Waals surface area contributed by atoms with Gasteiger partial charge in [-0.05, 0) is 23.8 Å². The molecule has 0 aliphatic heterocycles. The molecule has 0 N–H and O–H groups in total. The number of carbonyl (C=O) groups is 1. The summed E-state index contributed by atoms with van der Waals surface area (Å²) in [6.45, 7) is 1.25. The molecule has 1 unspecified atom stereocenters. The Hall–Kier alpha value is -2.59. The topological polar surface area (TPSA) is 63.0 Å². The van der Waals surface area contributed by atoms with Crippen molar-refractivity contribution in [1.29, 1.82) is 5.26 Å². The fourth-order valence-electron chi connectivity index (χ4n) is 2.00. The van der Waals surface area contributed by atoms with E-state index >= 15 is 0 Å². The molecule has 2 aromatic rings. The van der Waals surface area contributed by atoms with E-state index in [0.29, 0.717) is 11.8 Å². The summed E-state index contributed by atoms with van der Waals surface area (Å²) in [7, 11) is 0. The monoisotopic (exact) mass is 354 g/mol. The minimum Gasteiger partial charge on any atom is -0.427 e. The number of nitrogens with zero attached hydrogens (tertiary/aromatic N) is 2. The molecule has 0 fully saturated rings. The lowest BCUT2D eigenvalue weighted by Gasteiger charge is -2.13. The van der Waals surface area contributed by atoms with Gasteiger partial charge in [-0.25, -0.2) is 0 Å². The van der Waals surface area contributed by atoms with Gasteiger partial charge < -0.3 is 4.74 Å². The lowest BCUT2D eigenvalue weighted by atomic mass is 9.96. The third kappa shape index (κ3) is 4.03. The molecule has 0 spiro atoms. The number of aromatic nitrogens is 1. The maximum atomic E-state index is 12.6. The average molecular weight is 355 g/mol. The molecule has 0 radical (unpaired) electrons. The summed E-state index contributed by atoms with van der Waals surface area (Å²) in [5, 5.41) is 9.10. The van der Waals surface area contributed by atoms with Crippen LogP contribution in [0.3, 0.4) is 0 Å². The van der Waals surface area contributed by atoms with E-state index in [1.807, 2.05) is 6.07 Å². The van der Waals surface area contributed by atoms with Gasteiger partial charge in [-0.1, -0.05) is 23.7 Å². The quantitative estimate of drug-likeness (QED) is 0.607. The lowest BCUT2D eigenvalue weighted by molar-refractivity contribution is -0.138. The van der Waals surface area contributed by atoms with Gasteiger partial charge in [-0.2, -0.15) is 18.4 Å². The van der Waals surface area contributed by atoms with E-state index in [4.69, 9.17) is 16.3 Å². The van der Waals surface area contributed by atoms with Gasteiger partial charge in [0.2, 0.25) is 0 Å². The highest BCUT2D eigenvalue weighted by Crippen LogP contribution is 2.34. The number of esters is 1. The zero-order valence-corrected chi connectivity index (χ0v) is 13.0. The van der Waals surface area contributed by atoms with Gasteiger partial charge in [-0.3, -0.25) is 9.78 Å². The molecular formula is C16H10ClF3N2O2. The molecule has 2 rings (SSSR count). The molecular weight excluding hydrogens is 345 g/mol. The van der Waals surface area contributed by atoms with Gasteiger partial charge >= 0.3 is 12.1 Å². The van der Waals surface area contributed by atoms with Crippen molar-refractivity contribution in [2.24, 2.45) is 0 Å². The summed E-state index contributed by atoms with van der Waals surface area (Å²) in [6.07, 6.45) is -3.93. The second-order valence-electron chi connectivity index (χ2n) is 4.81. The minimum atomic E-state index is -4.57. The molecule has 0 amide bonds. The Morgan fingerprint density at radius 1 is 1.33 bits per heavy atom. The van der Waals surface area contributed by atoms with Crippen LogP contribution in [0.1, 0.15) is 29.7 Å². The highest BCUT2D eigenvalue weighted by atomic mass is 35.5. The molecule has 1 heterocycles. The SMILES string of the molecule is CC(=O)Oc1ccc(C(C#N)c2ncc(C(F)(F)F)cc2Cl)cc1. The first-order chi connectivity index (χ1) is 11.2. The van der Waals surface area contributed by atoms with Crippen molar-refractivity contribution in [2.75, 3.05) is 0 Å². The van der Waals surface area contributed by atoms with Crippen LogP contribution in [0, 0.1) is 11.3 Å². The number of benzene rings is 1. The van der Waals surface area contributed by atoms with Crippen LogP contribution in [0.4, 0.5) is 13.2 Å². The number of hydrogen-bond acceptors (Lipinski definition) is 4. The Labute approximate surface area is 140 Å². The standard InChI is InChI=1S/C16H10ClF3N2O2/c1-9(23)24-12-4-2-10(3-5-12)13(7-21)15-14(17)6-11(8-22-15)16(18,19)20/h2-6,8,13H,1H3. The van der Waals surface area contributed by atoms with E-state index in [2.05, 4.69) is 4.98 Å². The van der Waals surface area contributed by atoms with E-state index in [9.17, 15) is 23.2 Å². The molecule has 24 heavy (non-hydrogen) atoms. The molecule has 1 atom stereocenters. The first-order valence-electron chi connectivity index (χ1n) is 6.63. The maximum Gasteiger partial charge on any atom is 0.417 e. The molecule has 0 saturated carbocycles. The highest BCUT2D eigenvalue weighted by molar-refractivity contribution is 6.31. The molecule has 124 valence electrons. The van der Waals surface area contributed by atoms with Crippen LogP contribution < -0.4 is 4.74 Å². The van der Waals surface area contributed by atoms with E-state index in [-0.39, 0.29) is 16.5 Å². The normalized spacial score (nSPS) is 12.3. The summed E-state index contributed by atoms with van der Waals surface area (Å²) in [5.41, 5.74) is -0.506. The van der Waals surface area contributed by atoms with Crippen LogP contribution >= 0.6 is 11.6 Å². The maximum absolute atomic E-state index is 12.6. The molecule has 0 saturated heterocycles. The van der Waals surface area contributed by atoms with Crippen LogP contribution in [0.5, 0.6) is 5.75 Å². The molecule has 0 aliphatic rings. The Balaban J connectivity index is 2.35. The Morgan fingerprint density at radius 3 is 2.42 bits per heavy atom. The summed E-state index contributed by atoms with van der Waals surface area (Å²) < 4.78 is 42.8. The van der Waals surface area contributed by atoms with E-state index < -0.39 is 23.6 Å². The van der Waals surface area contributed by atoms with Crippen molar-refractivity contribution in [3.8, 4) is 11.8 Å². The first kappa shape index (κ1) is 17.8. The molecule has 1 aromatic heterocycles. The zero-order valence-electron chi connectivity index (χ0n) is 12.3. The first-order valence-corrected chi connectivity index (χ1v) is 7.01. The predicted octanol–water partition coefficient (Wildman–Crippen LogP) is 4.33. The van der Waals surface area contributed by atoms with Gasteiger partial charge in [-0.15, -0.1) is 0 Å². The van der Waals surface area contributed by atoms with Crippen molar-refractivity contribution in [1.82, 2.24) is 4.98 Å². The van der Waals surface area contributed by atoms with E-state index in [1.54, 1.807) is 0 Å². The predicted molar refractivity (Wildman–Crippen MR) is 79.5 cm³/mol. The van der Waals surface area contributed by atoms with Gasteiger partial charge in [0.25, 0.3) is 0 Å². The van der Waals surface area contributed by atoms with Gasteiger partial charge in [0, 0.05) is 13.1 Å². The van der Waals surface area contributed by atoms with Gasteiger partial charge in [0.1, 0.15) is 11.7 Å². The summed E-state index contributed by atoms with van der Waals surface area (Å²) in [6, 6.07) is 8.67. The molecule has 0 bridgehead atoms. The van der Waals surface area contributed by atoms with Crippen LogP contribution in [0.25, 0.3) is 0 Å². The number of pyridine rings is 1. The minimum absolute atomic E-state index is 0.0207. The van der Waals surface area contributed by atoms with Crippen LogP contribution in [0.2, 0.25) is 5.02 Å².